The molecule has 0 heterocycles. The van der Waals surface area contributed by atoms with Crippen LogP contribution in [0.5, 0.6) is 5.75 Å². The third-order valence-corrected chi connectivity index (χ3v) is 3.55. The Morgan fingerprint density at radius 2 is 1.76 bits per heavy atom. The van der Waals surface area contributed by atoms with Crippen molar-refractivity contribution in [2.45, 2.75) is 6.42 Å². The number of hydrogen-bond acceptors (Lipinski definition) is 2. The Labute approximate surface area is 136 Å². The molecule has 0 saturated heterocycles. The van der Waals surface area contributed by atoms with Crippen molar-refractivity contribution in [2.75, 3.05) is 13.2 Å². The Balaban J connectivity index is 1.67. The molecule has 2 aromatic rings. The summed E-state index contributed by atoms with van der Waals surface area (Å²) in [7, 11) is 0. The first-order chi connectivity index (χ1) is 10.1. The second-order valence-corrected chi connectivity index (χ2v) is 5.71. The van der Waals surface area contributed by atoms with Gasteiger partial charge in [0.05, 0.1) is 0 Å². The quantitative estimate of drug-likeness (QED) is 0.759. The van der Waals surface area contributed by atoms with E-state index in [2.05, 4.69) is 27.9 Å². The van der Waals surface area contributed by atoms with Crippen molar-refractivity contribution in [1.29, 1.82) is 0 Å². The number of ether oxygens (including phenoxy) is 1. The molecule has 3 nitrogen and oxygen atoms in total. The summed E-state index contributed by atoms with van der Waals surface area (Å²) in [6, 6.07) is 13.7. The number of carbonyl (C=O) groups excluding carboxylic acids is 1. The van der Waals surface area contributed by atoms with E-state index >= 15 is 0 Å². The first-order valence-corrected chi connectivity index (χ1v) is 7.61. The molecule has 0 atom stereocenters. The highest BCUT2D eigenvalue weighted by atomic mass is 127. The van der Waals surface area contributed by atoms with Gasteiger partial charge in [0.1, 0.15) is 11.6 Å². The number of benzene rings is 2. The highest BCUT2D eigenvalue weighted by Gasteiger charge is 2.02. The maximum absolute atomic E-state index is 12.7. The number of nitrogens with one attached hydrogen (secondary N) is 1. The van der Waals surface area contributed by atoms with Gasteiger partial charge in [0.15, 0.2) is 6.61 Å². The summed E-state index contributed by atoms with van der Waals surface area (Å²) in [6.45, 7) is 0.491. The summed E-state index contributed by atoms with van der Waals surface area (Å²) < 4.78 is 19.2. The van der Waals surface area contributed by atoms with Gasteiger partial charge in [-0.1, -0.05) is 12.1 Å². The van der Waals surface area contributed by atoms with Gasteiger partial charge < -0.3 is 10.1 Å². The van der Waals surface area contributed by atoms with E-state index in [-0.39, 0.29) is 18.3 Å². The number of halogens is 2. The average molecular weight is 399 g/mol. The smallest absolute Gasteiger partial charge is 0.257 e. The Kier molecular flexibility index (Phi) is 5.98. The van der Waals surface area contributed by atoms with E-state index in [4.69, 9.17) is 4.74 Å². The Bertz CT molecular complexity index is 584. The molecule has 1 N–H and O–H groups in total. The minimum absolute atomic E-state index is 0.00991. The fourth-order valence-electron chi connectivity index (χ4n) is 1.73. The zero-order valence-electron chi connectivity index (χ0n) is 11.3. The van der Waals surface area contributed by atoms with E-state index in [9.17, 15) is 9.18 Å². The SMILES string of the molecule is O=C(COc1ccc(I)cc1)NCCc1ccc(F)cc1. The van der Waals surface area contributed by atoms with Gasteiger partial charge in [-0.15, -0.1) is 0 Å². The maximum atomic E-state index is 12.7. The van der Waals surface area contributed by atoms with Crippen LogP contribution in [-0.4, -0.2) is 19.1 Å². The van der Waals surface area contributed by atoms with Crippen molar-refractivity contribution >= 4 is 28.5 Å². The standard InChI is InChI=1S/C16H15FINO2/c17-13-3-1-12(2-4-13)9-10-19-16(20)11-21-15-7-5-14(18)6-8-15/h1-8H,9-11H2,(H,19,20). The Morgan fingerprint density at radius 3 is 2.43 bits per heavy atom. The number of amides is 1. The maximum Gasteiger partial charge on any atom is 0.257 e. The largest absolute Gasteiger partial charge is 0.484 e. The summed E-state index contributed by atoms with van der Waals surface area (Å²) in [4.78, 5) is 11.6. The summed E-state index contributed by atoms with van der Waals surface area (Å²) in [5.41, 5.74) is 0.982. The van der Waals surface area contributed by atoms with Crippen LogP contribution < -0.4 is 10.1 Å². The van der Waals surface area contributed by atoms with Crippen LogP contribution in [0.3, 0.4) is 0 Å². The van der Waals surface area contributed by atoms with Crippen LogP contribution in [0.4, 0.5) is 4.39 Å². The van der Waals surface area contributed by atoms with Crippen molar-refractivity contribution in [3.8, 4) is 5.75 Å². The van der Waals surface area contributed by atoms with Gasteiger partial charge in [0, 0.05) is 10.1 Å². The molecule has 0 saturated carbocycles. The normalized spacial score (nSPS) is 10.2. The van der Waals surface area contributed by atoms with Crippen molar-refractivity contribution in [2.24, 2.45) is 0 Å². The molecule has 0 unspecified atom stereocenters. The molecule has 2 aromatic carbocycles. The zero-order chi connectivity index (χ0) is 15.1. The average Bonchev–Trinajstić information content (AvgIpc) is 2.49. The molecular formula is C16H15FINO2. The van der Waals surface area contributed by atoms with Gasteiger partial charge >= 0.3 is 0 Å². The number of rotatable bonds is 6. The predicted octanol–water partition coefficient (Wildman–Crippen LogP) is 3.17. The molecule has 21 heavy (non-hydrogen) atoms. The molecular weight excluding hydrogens is 384 g/mol. The first kappa shape index (κ1) is 15.8. The van der Waals surface area contributed by atoms with Crippen LogP contribution in [-0.2, 0) is 11.2 Å². The molecule has 0 aromatic heterocycles. The van der Waals surface area contributed by atoms with Gasteiger partial charge in [0.25, 0.3) is 5.91 Å². The predicted molar refractivity (Wildman–Crippen MR) is 87.8 cm³/mol. The third-order valence-electron chi connectivity index (χ3n) is 2.83. The van der Waals surface area contributed by atoms with Crippen LogP contribution >= 0.6 is 22.6 Å². The molecule has 0 aliphatic heterocycles. The minimum Gasteiger partial charge on any atom is -0.484 e. The lowest BCUT2D eigenvalue weighted by molar-refractivity contribution is -0.123. The molecule has 2 rings (SSSR count). The fourth-order valence-corrected chi connectivity index (χ4v) is 2.09. The molecule has 110 valence electrons. The second kappa shape index (κ2) is 7.97. The molecule has 1 amide bonds. The minimum atomic E-state index is -0.256. The van der Waals surface area contributed by atoms with E-state index in [1.807, 2.05) is 24.3 Å². The van der Waals surface area contributed by atoms with E-state index in [0.717, 1.165) is 9.13 Å². The van der Waals surface area contributed by atoms with Crippen molar-refractivity contribution in [3.63, 3.8) is 0 Å². The Hall–Kier alpha value is -1.63. The molecule has 0 aliphatic rings. The summed E-state index contributed by atoms with van der Waals surface area (Å²) >= 11 is 2.21. The van der Waals surface area contributed by atoms with Gasteiger partial charge in [-0.3, -0.25) is 4.79 Å². The third kappa shape index (κ3) is 5.71. The lowest BCUT2D eigenvalue weighted by Crippen LogP contribution is -2.30. The fraction of sp³-hybridized carbons (Fsp3) is 0.188. The second-order valence-electron chi connectivity index (χ2n) is 4.47. The lowest BCUT2D eigenvalue weighted by atomic mass is 10.1. The van der Waals surface area contributed by atoms with Crippen molar-refractivity contribution in [3.05, 3.63) is 63.5 Å². The highest BCUT2D eigenvalue weighted by molar-refractivity contribution is 14.1. The summed E-state index contributed by atoms with van der Waals surface area (Å²) in [5, 5.41) is 2.77. The molecule has 0 spiro atoms. The number of hydrogen-bond donors (Lipinski definition) is 1. The highest BCUT2D eigenvalue weighted by Crippen LogP contribution is 2.13. The molecule has 0 aliphatic carbocycles. The van der Waals surface area contributed by atoms with E-state index in [1.165, 1.54) is 12.1 Å². The van der Waals surface area contributed by atoms with Crippen LogP contribution in [0.15, 0.2) is 48.5 Å². The van der Waals surface area contributed by atoms with Gasteiger partial charge in [0.2, 0.25) is 0 Å². The van der Waals surface area contributed by atoms with Gasteiger partial charge in [-0.2, -0.15) is 0 Å². The van der Waals surface area contributed by atoms with Crippen molar-refractivity contribution < 1.29 is 13.9 Å². The molecule has 0 bridgehead atoms. The summed E-state index contributed by atoms with van der Waals surface area (Å²) in [6.07, 6.45) is 0.662. The van der Waals surface area contributed by atoms with Crippen LogP contribution in [0, 0.1) is 9.39 Å². The van der Waals surface area contributed by atoms with Gasteiger partial charge in [-0.25, -0.2) is 4.39 Å². The molecule has 5 heteroatoms. The molecule has 0 radical (unpaired) electrons. The monoisotopic (exact) mass is 399 g/mol. The topological polar surface area (TPSA) is 38.3 Å². The van der Waals surface area contributed by atoms with Crippen LogP contribution in [0.2, 0.25) is 0 Å². The van der Waals surface area contributed by atoms with Gasteiger partial charge in [-0.05, 0) is 71.0 Å². The van der Waals surface area contributed by atoms with E-state index in [0.29, 0.717) is 18.7 Å². The van der Waals surface area contributed by atoms with E-state index in [1.54, 1.807) is 12.1 Å². The molecule has 0 fully saturated rings. The Morgan fingerprint density at radius 1 is 1.10 bits per heavy atom. The summed E-state index contributed by atoms with van der Waals surface area (Å²) in [5.74, 6) is 0.244. The zero-order valence-corrected chi connectivity index (χ0v) is 13.5. The van der Waals surface area contributed by atoms with E-state index < -0.39 is 0 Å². The number of carbonyl (C=O) groups is 1. The van der Waals surface area contributed by atoms with Crippen LogP contribution in [0.25, 0.3) is 0 Å². The van der Waals surface area contributed by atoms with Crippen LogP contribution in [0.1, 0.15) is 5.56 Å². The lowest BCUT2D eigenvalue weighted by Gasteiger charge is -2.07. The van der Waals surface area contributed by atoms with Crippen molar-refractivity contribution in [1.82, 2.24) is 5.32 Å². The first-order valence-electron chi connectivity index (χ1n) is 6.53.